The lowest BCUT2D eigenvalue weighted by Crippen LogP contribution is -2.20. The summed E-state index contributed by atoms with van der Waals surface area (Å²) in [5.74, 6) is -0.990. The predicted octanol–water partition coefficient (Wildman–Crippen LogP) is 3.40. The van der Waals surface area contributed by atoms with Crippen LogP contribution >= 0.6 is 11.3 Å². The SMILES string of the molecule is Cn1cc(C(=O)OCC(=O)Nc2sc3c(c2C#N)CCC3)c2ccccc21. The number of nitriles is 1. The van der Waals surface area contributed by atoms with Gasteiger partial charge in [-0.2, -0.15) is 5.26 Å². The summed E-state index contributed by atoms with van der Waals surface area (Å²) < 4.78 is 7.04. The molecule has 0 radical (unpaired) electrons. The highest BCUT2D eigenvalue weighted by Gasteiger charge is 2.23. The van der Waals surface area contributed by atoms with E-state index in [0.29, 0.717) is 16.1 Å². The zero-order valence-electron chi connectivity index (χ0n) is 14.7. The van der Waals surface area contributed by atoms with Gasteiger partial charge in [-0.15, -0.1) is 11.3 Å². The minimum absolute atomic E-state index is 0.393. The van der Waals surface area contributed by atoms with E-state index in [2.05, 4.69) is 11.4 Å². The normalized spacial score (nSPS) is 12.6. The predicted molar refractivity (Wildman–Crippen MR) is 103 cm³/mol. The number of nitrogens with one attached hydrogen (secondary N) is 1. The molecule has 0 unspecified atom stereocenters. The van der Waals surface area contributed by atoms with Crippen LogP contribution in [0, 0.1) is 11.3 Å². The van der Waals surface area contributed by atoms with Crippen molar-refractivity contribution >= 4 is 39.1 Å². The number of fused-ring (bicyclic) bond motifs is 2. The maximum absolute atomic E-state index is 12.4. The number of nitrogens with zero attached hydrogens (tertiary/aromatic N) is 2. The Kier molecular flexibility index (Phi) is 4.42. The number of para-hydroxylation sites is 1. The number of aromatic nitrogens is 1. The van der Waals surface area contributed by atoms with Crippen LogP contribution in [0.2, 0.25) is 0 Å². The molecule has 0 atom stereocenters. The Bertz CT molecular complexity index is 1100. The molecule has 0 spiro atoms. The first kappa shape index (κ1) is 17.3. The third-order valence-corrected chi connectivity index (χ3v) is 5.94. The molecule has 3 aromatic rings. The first-order valence-corrected chi connectivity index (χ1v) is 9.46. The molecule has 1 amide bonds. The summed E-state index contributed by atoms with van der Waals surface area (Å²) in [7, 11) is 1.85. The summed E-state index contributed by atoms with van der Waals surface area (Å²) in [6.45, 7) is -0.393. The summed E-state index contributed by atoms with van der Waals surface area (Å²) in [4.78, 5) is 25.8. The number of amides is 1. The number of carbonyl (C=O) groups excluding carboxylic acids is 2. The van der Waals surface area contributed by atoms with Crippen LogP contribution in [0.3, 0.4) is 0 Å². The molecule has 1 aliphatic carbocycles. The summed E-state index contributed by atoms with van der Waals surface area (Å²) in [5.41, 5.74) is 2.93. The molecule has 0 bridgehead atoms. The van der Waals surface area contributed by atoms with Crippen LogP contribution in [0.1, 0.15) is 32.8 Å². The number of benzene rings is 1. The maximum atomic E-state index is 12.4. The average molecular weight is 379 g/mol. The van der Waals surface area contributed by atoms with E-state index in [0.717, 1.165) is 40.6 Å². The first-order valence-electron chi connectivity index (χ1n) is 8.64. The largest absolute Gasteiger partial charge is 0.452 e. The molecule has 0 saturated heterocycles. The van der Waals surface area contributed by atoms with Crippen LogP contribution in [-0.2, 0) is 29.4 Å². The molecule has 0 fully saturated rings. The van der Waals surface area contributed by atoms with Crippen LogP contribution in [-0.4, -0.2) is 23.1 Å². The summed E-state index contributed by atoms with van der Waals surface area (Å²) in [6, 6.07) is 9.69. The third-order valence-electron chi connectivity index (χ3n) is 4.74. The number of hydrogen-bond donors (Lipinski definition) is 1. The molecule has 2 aromatic heterocycles. The number of rotatable bonds is 4. The van der Waals surface area contributed by atoms with Crippen LogP contribution < -0.4 is 5.32 Å². The summed E-state index contributed by atoms with van der Waals surface area (Å²) in [6.07, 6.45) is 4.57. The Morgan fingerprint density at radius 1 is 1.33 bits per heavy atom. The number of aryl methyl sites for hydroxylation is 2. The Hall–Kier alpha value is -3.11. The van der Waals surface area contributed by atoms with Crippen LogP contribution in [0.15, 0.2) is 30.5 Å². The van der Waals surface area contributed by atoms with E-state index in [1.54, 1.807) is 6.20 Å². The van der Waals surface area contributed by atoms with Crippen molar-refractivity contribution in [2.24, 2.45) is 7.05 Å². The van der Waals surface area contributed by atoms with Gasteiger partial charge in [-0.05, 0) is 30.9 Å². The van der Waals surface area contributed by atoms with Crippen molar-refractivity contribution < 1.29 is 14.3 Å². The fraction of sp³-hybridized carbons (Fsp3) is 0.250. The molecular formula is C20H17N3O3S. The van der Waals surface area contributed by atoms with Gasteiger partial charge in [0, 0.05) is 29.0 Å². The van der Waals surface area contributed by atoms with E-state index in [1.807, 2.05) is 35.9 Å². The van der Waals surface area contributed by atoms with E-state index < -0.39 is 18.5 Å². The van der Waals surface area contributed by atoms with Gasteiger partial charge in [0.1, 0.15) is 11.1 Å². The molecule has 4 rings (SSSR count). The number of hydrogen-bond acceptors (Lipinski definition) is 5. The molecule has 2 heterocycles. The molecule has 0 aliphatic heterocycles. The fourth-order valence-electron chi connectivity index (χ4n) is 3.49. The molecule has 1 aromatic carbocycles. The molecule has 27 heavy (non-hydrogen) atoms. The lowest BCUT2D eigenvalue weighted by atomic mass is 10.1. The van der Waals surface area contributed by atoms with Crippen molar-refractivity contribution in [1.29, 1.82) is 5.26 Å². The van der Waals surface area contributed by atoms with Gasteiger partial charge in [0.25, 0.3) is 5.91 Å². The van der Waals surface area contributed by atoms with Gasteiger partial charge in [0.05, 0.1) is 11.1 Å². The molecular weight excluding hydrogens is 362 g/mol. The first-order chi connectivity index (χ1) is 13.1. The summed E-state index contributed by atoms with van der Waals surface area (Å²) >= 11 is 1.44. The highest BCUT2D eigenvalue weighted by atomic mass is 32.1. The van der Waals surface area contributed by atoms with Crippen molar-refractivity contribution in [1.82, 2.24) is 4.57 Å². The Balaban J connectivity index is 1.44. The molecule has 7 heteroatoms. The molecule has 0 saturated carbocycles. The molecule has 6 nitrogen and oxygen atoms in total. The quantitative estimate of drug-likeness (QED) is 0.704. The van der Waals surface area contributed by atoms with Gasteiger partial charge in [0.2, 0.25) is 0 Å². The maximum Gasteiger partial charge on any atom is 0.340 e. The third kappa shape index (κ3) is 3.09. The van der Waals surface area contributed by atoms with E-state index in [4.69, 9.17) is 4.74 Å². The topological polar surface area (TPSA) is 84.1 Å². The van der Waals surface area contributed by atoms with Crippen LogP contribution in [0.25, 0.3) is 10.9 Å². The second-order valence-corrected chi connectivity index (χ2v) is 7.57. The number of thiophene rings is 1. The van der Waals surface area contributed by atoms with Gasteiger partial charge in [0.15, 0.2) is 6.61 Å². The lowest BCUT2D eigenvalue weighted by Gasteiger charge is -2.05. The number of ether oxygens (including phenoxy) is 1. The number of carbonyl (C=O) groups is 2. The number of anilines is 1. The minimum atomic E-state index is -0.545. The smallest absolute Gasteiger partial charge is 0.340 e. The summed E-state index contributed by atoms with van der Waals surface area (Å²) in [5, 5.41) is 13.4. The van der Waals surface area contributed by atoms with Crippen molar-refractivity contribution in [2.45, 2.75) is 19.3 Å². The second-order valence-electron chi connectivity index (χ2n) is 6.47. The van der Waals surface area contributed by atoms with Gasteiger partial charge in [-0.1, -0.05) is 18.2 Å². The van der Waals surface area contributed by atoms with Crippen molar-refractivity contribution in [2.75, 3.05) is 11.9 Å². The van der Waals surface area contributed by atoms with Gasteiger partial charge < -0.3 is 14.6 Å². The Morgan fingerprint density at radius 2 is 2.15 bits per heavy atom. The highest BCUT2D eigenvalue weighted by Crippen LogP contribution is 2.38. The fourth-order valence-corrected chi connectivity index (χ4v) is 4.74. The minimum Gasteiger partial charge on any atom is -0.452 e. The Labute approximate surface area is 160 Å². The zero-order chi connectivity index (χ0) is 19.0. The molecule has 1 N–H and O–H groups in total. The lowest BCUT2D eigenvalue weighted by molar-refractivity contribution is -0.119. The van der Waals surface area contributed by atoms with E-state index in [1.165, 1.54) is 11.3 Å². The van der Waals surface area contributed by atoms with E-state index in [-0.39, 0.29) is 0 Å². The Morgan fingerprint density at radius 3 is 2.96 bits per heavy atom. The molecule has 1 aliphatic rings. The van der Waals surface area contributed by atoms with Crippen LogP contribution in [0.5, 0.6) is 0 Å². The van der Waals surface area contributed by atoms with Crippen molar-refractivity contribution in [3.05, 3.63) is 52.0 Å². The molecule has 136 valence electrons. The van der Waals surface area contributed by atoms with Gasteiger partial charge >= 0.3 is 5.97 Å². The van der Waals surface area contributed by atoms with Gasteiger partial charge in [-0.25, -0.2) is 4.79 Å². The second kappa shape index (κ2) is 6.89. The van der Waals surface area contributed by atoms with Crippen molar-refractivity contribution in [3.63, 3.8) is 0 Å². The average Bonchev–Trinajstić information content (AvgIpc) is 3.33. The monoisotopic (exact) mass is 379 g/mol. The van der Waals surface area contributed by atoms with E-state index in [9.17, 15) is 14.9 Å². The van der Waals surface area contributed by atoms with Gasteiger partial charge in [-0.3, -0.25) is 4.79 Å². The van der Waals surface area contributed by atoms with Crippen LogP contribution in [0.4, 0.5) is 5.00 Å². The number of esters is 1. The zero-order valence-corrected chi connectivity index (χ0v) is 15.6. The van der Waals surface area contributed by atoms with Crippen molar-refractivity contribution in [3.8, 4) is 6.07 Å². The van der Waals surface area contributed by atoms with E-state index >= 15 is 0 Å². The highest BCUT2D eigenvalue weighted by molar-refractivity contribution is 7.16. The standard InChI is InChI=1S/C20H17N3O3S/c1-23-10-15(12-5-2-3-7-16(12)23)20(25)26-11-18(24)22-19-14(9-21)13-6-4-8-17(13)27-19/h2-3,5,7,10H,4,6,8,11H2,1H3,(H,22,24).